The van der Waals surface area contributed by atoms with Crippen LogP contribution in [0.4, 0.5) is 0 Å². The van der Waals surface area contributed by atoms with Crippen molar-refractivity contribution < 1.29 is 14.3 Å². The van der Waals surface area contributed by atoms with E-state index in [4.69, 9.17) is 9.52 Å². The normalized spacial score (nSPS) is 10.2. The number of aromatic nitrogens is 1. The van der Waals surface area contributed by atoms with Crippen LogP contribution in [0.3, 0.4) is 0 Å². The lowest BCUT2D eigenvalue weighted by Gasteiger charge is -1.97. The smallest absolute Gasteiger partial charge is 0.373 e. The Morgan fingerprint density at radius 1 is 1.40 bits per heavy atom. The maximum atomic E-state index is 10.6. The van der Waals surface area contributed by atoms with Crippen molar-refractivity contribution in [1.29, 1.82) is 0 Å². The van der Waals surface area contributed by atoms with Crippen molar-refractivity contribution in [3.63, 3.8) is 0 Å². The highest BCUT2D eigenvalue weighted by Crippen LogP contribution is 2.27. The van der Waals surface area contributed by atoms with Gasteiger partial charge in [-0.2, -0.15) is 0 Å². The highest BCUT2D eigenvalue weighted by Gasteiger charge is 2.13. The minimum atomic E-state index is -1.12. The molecule has 15 heavy (non-hydrogen) atoms. The lowest BCUT2D eigenvalue weighted by molar-refractivity contribution is 0.0663. The Bertz CT molecular complexity index is 507. The third kappa shape index (κ3) is 1.92. The van der Waals surface area contributed by atoms with Gasteiger partial charge in [-0.25, -0.2) is 9.78 Å². The summed E-state index contributed by atoms with van der Waals surface area (Å²) in [4.78, 5) is 14.5. The molecule has 0 aliphatic carbocycles. The van der Waals surface area contributed by atoms with Crippen LogP contribution in [0.1, 0.15) is 10.6 Å². The van der Waals surface area contributed by atoms with Crippen LogP contribution >= 0.6 is 15.9 Å². The molecular formula is C10H6BrNO3. The zero-order valence-corrected chi connectivity index (χ0v) is 9.06. The first-order chi connectivity index (χ1) is 7.18. The summed E-state index contributed by atoms with van der Waals surface area (Å²) in [6.07, 6.45) is 1.19. The second-order valence-electron chi connectivity index (χ2n) is 2.81. The lowest BCUT2D eigenvalue weighted by atomic mass is 10.2. The first-order valence-electron chi connectivity index (χ1n) is 4.12. The molecule has 2 rings (SSSR count). The quantitative estimate of drug-likeness (QED) is 0.909. The number of hydrogen-bond acceptors (Lipinski definition) is 3. The van der Waals surface area contributed by atoms with E-state index >= 15 is 0 Å². The van der Waals surface area contributed by atoms with Crippen LogP contribution < -0.4 is 0 Å². The van der Waals surface area contributed by atoms with Crippen molar-refractivity contribution in [1.82, 2.24) is 4.98 Å². The predicted molar refractivity (Wildman–Crippen MR) is 56.6 cm³/mol. The van der Waals surface area contributed by atoms with Gasteiger partial charge >= 0.3 is 5.97 Å². The molecule has 0 bridgehead atoms. The van der Waals surface area contributed by atoms with Crippen molar-refractivity contribution in [2.45, 2.75) is 0 Å². The molecule has 2 aromatic rings. The number of halogens is 1. The van der Waals surface area contributed by atoms with E-state index in [1.807, 2.05) is 18.2 Å². The third-order valence-electron chi connectivity index (χ3n) is 1.82. The summed E-state index contributed by atoms with van der Waals surface area (Å²) in [5.41, 5.74) is 0.727. The van der Waals surface area contributed by atoms with E-state index < -0.39 is 5.97 Å². The molecule has 0 atom stereocenters. The number of oxazole rings is 1. The average Bonchev–Trinajstić information content (AvgIpc) is 2.67. The van der Waals surface area contributed by atoms with Gasteiger partial charge in [0.25, 0.3) is 0 Å². The van der Waals surface area contributed by atoms with Crippen LogP contribution in [0.2, 0.25) is 0 Å². The van der Waals surface area contributed by atoms with Gasteiger partial charge in [0.15, 0.2) is 0 Å². The van der Waals surface area contributed by atoms with Crippen molar-refractivity contribution in [2.24, 2.45) is 0 Å². The number of carbonyl (C=O) groups is 1. The van der Waals surface area contributed by atoms with Gasteiger partial charge in [0.1, 0.15) is 0 Å². The highest BCUT2D eigenvalue weighted by molar-refractivity contribution is 9.10. The van der Waals surface area contributed by atoms with E-state index in [9.17, 15) is 4.79 Å². The Morgan fingerprint density at radius 2 is 2.13 bits per heavy atom. The number of nitrogens with zero attached hydrogens (tertiary/aromatic N) is 1. The molecule has 76 valence electrons. The minimum absolute atomic E-state index is 0.166. The molecule has 0 fully saturated rings. The molecule has 0 radical (unpaired) electrons. The van der Waals surface area contributed by atoms with Crippen molar-refractivity contribution in [3.8, 4) is 11.5 Å². The van der Waals surface area contributed by atoms with E-state index in [1.54, 1.807) is 6.07 Å². The van der Waals surface area contributed by atoms with Gasteiger partial charge in [0.05, 0.1) is 11.8 Å². The van der Waals surface area contributed by atoms with Crippen LogP contribution in [0.25, 0.3) is 11.5 Å². The van der Waals surface area contributed by atoms with Gasteiger partial charge in [-0.1, -0.05) is 12.1 Å². The second kappa shape index (κ2) is 3.86. The van der Waals surface area contributed by atoms with Gasteiger partial charge in [-0.05, 0) is 28.1 Å². The fourth-order valence-corrected chi connectivity index (χ4v) is 1.59. The van der Waals surface area contributed by atoms with E-state index in [0.29, 0.717) is 5.89 Å². The van der Waals surface area contributed by atoms with Crippen LogP contribution in [0.15, 0.2) is 39.4 Å². The highest BCUT2D eigenvalue weighted by atomic mass is 79.9. The second-order valence-corrected chi connectivity index (χ2v) is 3.67. The minimum Gasteiger partial charge on any atom is -0.475 e. The van der Waals surface area contributed by atoms with Gasteiger partial charge in [0.2, 0.25) is 11.7 Å². The van der Waals surface area contributed by atoms with Gasteiger partial charge in [-0.15, -0.1) is 0 Å². The molecule has 0 spiro atoms. The monoisotopic (exact) mass is 267 g/mol. The summed E-state index contributed by atoms with van der Waals surface area (Å²) in [5, 5.41) is 8.67. The summed E-state index contributed by atoms with van der Waals surface area (Å²) in [5.74, 6) is -0.999. The zero-order valence-electron chi connectivity index (χ0n) is 7.48. The van der Waals surface area contributed by atoms with Gasteiger partial charge in [-0.3, -0.25) is 0 Å². The third-order valence-corrected chi connectivity index (χ3v) is 2.51. The van der Waals surface area contributed by atoms with Crippen molar-refractivity contribution in [3.05, 3.63) is 40.7 Å². The van der Waals surface area contributed by atoms with Gasteiger partial charge < -0.3 is 9.52 Å². The summed E-state index contributed by atoms with van der Waals surface area (Å²) in [7, 11) is 0. The summed E-state index contributed by atoms with van der Waals surface area (Å²) in [6.45, 7) is 0. The molecule has 4 nitrogen and oxygen atoms in total. The fraction of sp³-hybridized carbons (Fsp3) is 0. The summed E-state index contributed by atoms with van der Waals surface area (Å²) < 4.78 is 5.88. The van der Waals surface area contributed by atoms with Crippen LogP contribution in [-0.4, -0.2) is 16.1 Å². The molecule has 0 aliphatic heterocycles. The molecule has 0 saturated heterocycles. The number of hydrogen-bond donors (Lipinski definition) is 1. The number of carboxylic acids is 1. The average molecular weight is 268 g/mol. The maximum absolute atomic E-state index is 10.6. The van der Waals surface area contributed by atoms with E-state index in [0.717, 1.165) is 10.0 Å². The van der Waals surface area contributed by atoms with E-state index in [1.165, 1.54) is 6.20 Å². The molecule has 1 aromatic carbocycles. The number of rotatable bonds is 2. The van der Waals surface area contributed by atoms with Crippen LogP contribution in [0, 0.1) is 0 Å². The first-order valence-corrected chi connectivity index (χ1v) is 4.92. The predicted octanol–water partition coefficient (Wildman–Crippen LogP) is 2.80. The molecule has 1 aromatic heterocycles. The fourth-order valence-electron chi connectivity index (χ4n) is 1.13. The number of carboxylic acid groups (broad SMARTS) is 1. The maximum Gasteiger partial charge on any atom is 0.373 e. The number of aromatic carboxylic acids is 1. The molecule has 1 N–H and O–H groups in total. The molecular weight excluding hydrogens is 262 g/mol. The number of benzene rings is 1. The summed E-state index contributed by atoms with van der Waals surface area (Å²) in [6, 6.07) is 7.31. The SMILES string of the molecule is O=C(O)c1cnc(-c2ccccc2Br)o1. The largest absolute Gasteiger partial charge is 0.475 e. The summed E-state index contributed by atoms with van der Waals surface area (Å²) >= 11 is 3.33. The molecule has 0 saturated carbocycles. The Labute approximate surface area is 93.7 Å². The van der Waals surface area contributed by atoms with Crippen molar-refractivity contribution in [2.75, 3.05) is 0 Å². The van der Waals surface area contributed by atoms with Gasteiger partial charge in [0, 0.05) is 4.47 Å². The van der Waals surface area contributed by atoms with Crippen LogP contribution in [0.5, 0.6) is 0 Å². The molecule has 0 unspecified atom stereocenters. The molecule has 5 heteroatoms. The van der Waals surface area contributed by atoms with E-state index in [2.05, 4.69) is 20.9 Å². The van der Waals surface area contributed by atoms with E-state index in [-0.39, 0.29) is 5.76 Å². The Morgan fingerprint density at radius 3 is 2.73 bits per heavy atom. The molecule has 0 amide bonds. The Balaban J connectivity index is 2.46. The first kappa shape index (κ1) is 9.92. The van der Waals surface area contributed by atoms with Crippen LogP contribution in [-0.2, 0) is 0 Å². The lowest BCUT2D eigenvalue weighted by Crippen LogP contribution is -1.91. The molecule has 0 aliphatic rings. The molecule has 1 heterocycles. The van der Waals surface area contributed by atoms with Crippen molar-refractivity contribution >= 4 is 21.9 Å². The Kier molecular flexibility index (Phi) is 2.55. The topological polar surface area (TPSA) is 63.3 Å². The Hall–Kier alpha value is -1.62. The zero-order chi connectivity index (χ0) is 10.8. The standard InChI is InChI=1S/C10H6BrNO3/c11-7-4-2-1-3-6(7)9-12-5-8(15-9)10(13)14/h1-5H,(H,13,14).